The van der Waals surface area contributed by atoms with Gasteiger partial charge in [0.05, 0.1) is 24.9 Å². The van der Waals surface area contributed by atoms with Crippen LogP contribution in [0.3, 0.4) is 0 Å². The number of piperazine rings is 1. The van der Waals surface area contributed by atoms with Crippen LogP contribution in [0.1, 0.15) is 12.0 Å². The number of ether oxygens (including phenoxy) is 1. The van der Waals surface area contributed by atoms with Gasteiger partial charge >= 0.3 is 0 Å². The minimum absolute atomic E-state index is 0.280. The lowest BCUT2D eigenvalue weighted by Gasteiger charge is -2.43. The van der Waals surface area contributed by atoms with Gasteiger partial charge in [-0.05, 0) is 49.2 Å². The molecule has 3 saturated heterocycles. The Morgan fingerprint density at radius 2 is 1.75 bits per heavy atom. The van der Waals surface area contributed by atoms with Crippen LogP contribution in [-0.2, 0) is 4.74 Å². The van der Waals surface area contributed by atoms with Gasteiger partial charge in [0.1, 0.15) is 18.0 Å². The van der Waals surface area contributed by atoms with E-state index >= 15 is 0 Å². The van der Waals surface area contributed by atoms with Gasteiger partial charge in [-0.15, -0.1) is 5.10 Å². The highest BCUT2D eigenvalue weighted by molar-refractivity contribution is 5.65. The number of hydrogen-bond acceptors (Lipinski definition) is 6. The highest BCUT2D eigenvalue weighted by Gasteiger charge is 2.47. The van der Waals surface area contributed by atoms with E-state index in [1.807, 2.05) is 6.07 Å². The van der Waals surface area contributed by atoms with E-state index in [4.69, 9.17) is 4.74 Å². The van der Waals surface area contributed by atoms with E-state index in [-0.39, 0.29) is 5.69 Å². The molecule has 2 atom stereocenters. The smallest absolute Gasteiger partial charge is 0.246 e. The second kappa shape index (κ2) is 7.53. The zero-order valence-corrected chi connectivity index (χ0v) is 17.7. The minimum atomic E-state index is -0.656. The van der Waals surface area contributed by atoms with Crippen molar-refractivity contribution in [3.05, 3.63) is 59.9 Å². The summed E-state index contributed by atoms with van der Waals surface area (Å²) in [4.78, 5) is 9.37. The predicted molar refractivity (Wildman–Crippen MR) is 117 cm³/mol. The number of fused-ring (bicyclic) bond motifs is 2. The van der Waals surface area contributed by atoms with Crippen LogP contribution >= 0.6 is 0 Å². The molecule has 0 aliphatic carbocycles. The molecule has 3 fully saturated rings. The van der Waals surface area contributed by atoms with Gasteiger partial charge in [-0.25, -0.2) is 13.5 Å². The van der Waals surface area contributed by atoms with E-state index in [0.717, 1.165) is 43.6 Å². The Labute approximate surface area is 184 Å². The van der Waals surface area contributed by atoms with Crippen molar-refractivity contribution in [3.8, 4) is 5.69 Å². The van der Waals surface area contributed by atoms with Gasteiger partial charge in [-0.1, -0.05) is 0 Å². The van der Waals surface area contributed by atoms with Crippen molar-refractivity contribution in [1.29, 1.82) is 0 Å². The molecule has 1 N–H and O–H groups in total. The molecule has 2 bridgehead atoms. The second-order valence-corrected chi connectivity index (χ2v) is 8.91. The Morgan fingerprint density at radius 3 is 2.44 bits per heavy atom. The van der Waals surface area contributed by atoms with Gasteiger partial charge < -0.3 is 15.0 Å². The van der Waals surface area contributed by atoms with E-state index in [0.29, 0.717) is 24.1 Å². The molecule has 7 nitrogen and oxygen atoms in total. The quantitative estimate of drug-likeness (QED) is 0.660. The van der Waals surface area contributed by atoms with Crippen molar-refractivity contribution in [2.24, 2.45) is 0 Å². The summed E-state index contributed by atoms with van der Waals surface area (Å²) < 4.78 is 33.8. The van der Waals surface area contributed by atoms with Crippen LogP contribution in [0.15, 0.2) is 42.7 Å². The van der Waals surface area contributed by atoms with Crippen LogP contribution in [0.2, 0.25) is 0 Å². The van der Waals surface area contributed by atoms with Gasteiger partial charge in [-0.2, -0.15) is 4.98 Å². The zero-order valence-electron chi connectivity index (χ0n) is 17.7. The number of likely N-dealkylation sites (tertiary alicyclic amines) is 1. The van der Waals surface area contributed by atoms with Crippen molar-refractivity contribution in [1.82, 2.24) is 19.7 Å². The third kappa shape index (κ3) is 3.51. The predicted octanol–water partition coefficient (Wildman–Crippen LogP) is 3.26. The molecule has 0 amide bonds. The standard InChI is InChI=1S/C23H24F2N6O/c1-14-2-17(27-23-26-13-31(28-23)19-5-15(24)4-16(25)6-19)7-18(3-14)29-9-21-8-20(29)10-30(21)22-11-32-12-22/h2-7,13,20-22H,8-12H2,1H3,(H,27,28)/t20?,21-/m0/s1. The van der Waals surface area contributed by atoms with Gasteiger partial charge in [0.15, 0.2) is 0 Å². The summed E-state index contributed by atoms with van der Waals surface area (Å²) >= 11 is 0. The summed E-state index contributed by atoms with van der Waals surface area (Å²) in [6.45, 7) is 5.92. The van der Waals surface area contributed by atoms with Gasteiger partial charge in [0, 0.05) is 42.6 Å². The van der Waals surface area contributed by atoms with E-state index < -0.39 is 11.6 Å². The number of benzene rings is 2. The van der Waals surface area contributed by atoms with E-state index in [9.17, 15) is 8.78 Å². The van der Waals surface area contributed by atoms with Crippen molar-refractivity contribution < 1.29 is 13.5 Å². The third-order valence-electron chi connectivity index (χ3n) is 6.63. The number of anilines is 3. The fourth-order valence-electron chi connectivity index (χ4n) is 5.12. The molecule has 2 aromatic carbocycles. The lowest BCUT2D eigenvalue weighted by molar-refractivity contribution is -0.0708. The topological polar surface area (TPSA) is 58.5 Å². The Kier molecular flexibility index (Phi) is 4.62. The molecule has 0 saturated carbocycles. The lowest BCUT2D eigenvalue weighted by atomic mass is 10.1. The molecular weight excluding hydrogens is 414 g/mol. The highest BCUT2D eigenvalue weighted by atomic mass is 19.1. The first kappa shape index (κ1) is 19.6. The monoisotopic (exact) mass is 438 g/mol. The Hall–Kier alpha value is -3.04. The number of aromatic nitrogens is 3. The molecule has 6 rings (SSSR count). The van der Waals surface area contributed by atoms with Gasteiger partial charge in [-0.3, -0.25) is 4.90 Å². The molecule has 0 spiro atoms. The van der Waals surface area contributed by atoms with E-state index in [1.54, 1.807) is 0 Å². The minimum Gasteiger partial charge on any atom is -0.378 e. The van der Waals surface area contributed by atoms with Crippen LogP contribution in [0.5, 0.6) is 0 Å². The molecule has 1 aromatic heterocycles. The molecule has 3 aliphatic heterocycles. The molecule has 0 radical (unpaired) electrons. The molecule has 3 aliphatic rings. The maximum Gasteiger partial charge on any atom is 0.246 e. The van der Waals surface area contributed by atoms with E-state index in [2.05, 4.69) is 44.3 Å². The van der Waals surface area contributed by atoms with Gasteiger partial charge in [0.2, 0.25) is 5.95 Å². The third-order valence-corrected chi connectivity index (χ3v) is 6.63. The molecule has 166 valence electrons. The van der Waals surface area contributed by atoms with Crippen molar-refractivity contribution in [2.75, 3.05) is 36.5 Å². The average Bonchev–Trinajstić information content (AvgIpc) is 3.41. The van der Waals surface area contributed by atoms with E-state index in [1.165, 1.54) is 35.3 Å². The summed E-state index contributed by atoms with van der Waals surface area (Å²) in [5.41, 5.74) is 3.50. The zero-order chi connectivity index (χ0) is 21.8. The average molecular weight is 438 g/mol. The van der Waals surface area contributed by atoms with Crippen LogP contribution in [0.25, 0.3) is 5.69 Å². The Balaban J connectivity index is 1.19. The van der Waals surface area contributed by atoms with Crippen molar-refractivity contribution in [3.63, 3.8) is 0 Å². The highest BCUT2D eigenvalue weighted by Crippen LogP contribution is 2.38. The maximum atomic E-state index is 13.5. The first-order chi connectivity index (χ1) is 15.5. The number of nitrogens with zero attached hydrogens (tertiary/aromatic N) is 5. The maximum absolute atomic E-state index is 13.5. The molecule has 3 aromatic rings. The second-order valence-electron chi connectivity index (χ2n) is 8.91. The van der Waals surface area contributed by atoms with Crippen LogP contribution in [0, 0.1) is 18.6 Å². The fraction of sp³-hybridized carbons (Fsp3) is 0.391. The summed E-state index contributed by atoms with van der Waals surface area (Å²) in [6.07, 6.45) is 2.63. The lowest BCUT2D eigenvalue weighted by Crippen LogP contribution is -2.56. The first-order valence-corrected chi connectivity index (χ1v) is 10.9. The van der Waals surface area contributed by atoms with Crippen LogP contribution < -0.4 is 10.2 Å². The molecule has 9 heteroatoms. The number of rotatable bonds is 5. The molecule has 4 heterocycles. The fourth-order valence-corrected chi connectivity index (χ4v) is 5.12. The molecular formula is C23H24F2N6O. The normalized spacial score (nSPS) is 23.0. The number of nitrogens with one attached hydrogen (secondary N) is 1. The number of hydrogen-bond donors (Lipinski definition) is 1. The van der Waals surface area contributed by atoms with Crippen LogP contribution in [0.4, 0.5) is 26.1 Å². The molecule has 32 heavy (non-hydrogen) atoms. The number of halogens is 2. The number of aryl methyl sites for hydroxylation is 1. The molecule has 1 unspecified atom stereocenters. The largest absolute Gasteiger partial charge is 0.378 e. The summed E-state index contributed by atoms with van der Waals surface area (Å²) in [7, 11) is 0. The Morgan fingerprint density at radius 1 is 0.938 bits per heavy atom. The van der Waals surface area contributed by atoms with Crippen LogP contribution in [-0.4, -0.2) is 64.1 Å². The summed E-state index contributed by atoms with van der Waals surface area (Å²) in [5.74, 6) is -0.946. The van der Waals surface area contributed by atoms with Crippen molar-refractivity contribution in [2.45, 2.75) is 31.5 Å². The Bertz CT molecular complexity index is 1140. The summed E-state index contributed by atoms with van der Waals surface area (Å²) in [6, 6.07) is 11.3. The first-order valence-electron chi connectivity index (χ1n) is 10.9. The summed E-state index contributed by atoms with van der Waals surface area (Å²) in [5, 5.41) is 7.56. The SMILES string of the molecule is Cc1cc(Nc2ncn(-c3cc(F)cc(F)c3)n2)cc(N2C[C@@H]3CC2CN3C2COC2)c1. The van der Waals surface area contributed by atoms with Gasteiger partial charge in [0.25, 0.3) is 0 Å². The van der Waals surface area contributed by atoms with Crippen molar-refractivity contribution >= 4 is 17.3 Å².